The molecule has 0 fully saturated rings. The highest BCUT2D eigenvalue weighted by atomic mass is 35.5. The van der Waals surface area contributed by atoms with E-state index in [1.807, 2.05) is 4.90 Å². The Hall–Kier alpha value is -4.64. The summed E-state index contributed by atoms with van der Waals surface area (Å²) < 4.78 is 40.8. The van der Waals surface area contributed by atoms with Crippen molar-refractivity contribution in [3.05, 3.63) is 93.4 Å². The van der Waals surface area contributed by atoms with Crippen molar-refractivity contribution in [3.63, 3.8) is 0 Å². The summed E-state index contributed by atoms with van der Waals surface area (Å²) in [7, 11) is 1.79. The van der Waals surface area contributed by atoms with Gasteiger partial charge in [-0.1, -0.05) is 11.6 Å². The molecule has 0 aliphatic carbocycles. The zero-order valence-corrected chi connectivity index (χ0v) is 20.6. The normalized spacial score (nSPS) is 12.5. The maximum Gasteiger partial charge on any atom is 0.270 e. The molecule has 4 aromatic rings. The van der Waals surface area contributed by atoms with Gasteiger partial charge in [0.1, 0.15) is 28.8 Å². The van der Waals surface area contributed by atoms with E-state index in [2.05, 4.69) is 10.3 Å². The van der Waals surface area contributed by atoms with Crippen LogP contribution in [0.25, 0.3) is 5.69 Å². The minimum Gasteiger partial charge on any atom is -0.475 e. The standard InChI is InChI=1S/C26H20ClF2N5O4/c1-33-10-11-37-26-19(33)13-17(25(36)34(26)16-5-2-14(28)3-6-16)24(35)32-15-4-7-20(18(29)12-15)38-21-8-9-31-23(30)22(21)27/h2-9,12-13H,10-11H2,1H3,(H2,30,31)(H,32,35). The van der Waals surface area contributed by atoms with Crippen molar-refractivity contribution < 1.29 is 23.0 Å². The van der Waals surface area contributed by atoms with E-state index in [1.165, 1.54) is 59.3 Å². The number of nitrogens with zero attached hydrogens (tertiary/aromatic N) is 3. The second-order valence-corrected chi connectivity index (χ2v) is 8.72. The third-order valence-corrected chi connectivity index (χ3v) is 6.21. The second-order valence-electron chi connectivity index (χ2n) is 8.35. The van der Waals surface area contributed by atoms with Crippen molar-refractivity contribution in [3.8, 4) is 23.1 Å². The number of ether oxygens (including phenoxy) is 2. The van der Waals surface area contributed by atoms with Crippen LogP contribution in [-0.4, -0.2) is 35.7 Å². The van der Waals surface area contributed by atoms with Gasteiger partial charge in [-0.05, 0) is 42.5 Å². The number of carbonyl (C=O) groups excluding carboxylic acids is 1. The van der Waals surface area contributed by atoms with Gasteiger partial charge in [-0.25, -0.2) is 18.3 Å². The molecule has 0 unspecified atom stereocenters. The zero-order chi connectivity index (χ0) is 27.0. The average Bonchev–Trinajstić information content (AvgIpc) is 2.89. The Morgan fingerprint density at radius 3 is 2.63 bits per heavy atom. The topological polar surface area (TPSA) is 112 Å². The van der Waals surface area contributed by atoms with Gasteiger partial charge in [0.05, 0.1) is 17.9 Å². The number of rotatable bonds is 5. The Morgan fingerprint density at radius 1 is 1.13 bits per heavy atom. The van der Waals surface area contributed by atoms with Crippen LogP contribution in [-0.2, 0) is 0 Å². The Labute approximate surface area is 220 Å². The van der Waals surface area contributed by atoms with Gasteiger partial charge in [0, 0.05) is 31.1 Å². The number of fused-ring (bicyclic) bond motifs is 1. The van der Waals surface area contributed by atoms with Crippen molar-refractivity contribution in [2.24, 2.45) is 0 Å². The van der Waals surface area contributed by atoms with Crippen molar-refractivity contribution in [1.82, 2.24) is 9.55 Å². The quantitative estimate of drug-likeness (QED) is 0.380. The highest BCUT2D eigenvalue weighted by Crippen LogP contribution is 2.35. The number of carbonyl (C=O) groups is 1. The van der Waals surface area contributed by atoms with E-state index in [1.54, 1.807) is 7.05 Å². The fraction of sp³-hybridized carbons (Fsp3) is 0.115. The van der Waals surface area contributed by atoms with Crippen LogP contribution in [0.4, 0.5) is 26.0 Å². The molecule has 38 heavy (non-hydrogen) atoms. The van der Waals surface area contributed by atoms with Crippen molar-refractivity contribution in [2.45, 2.75) is 0 Å². The minimum atomic E-state index is -0.795. The molecule has 0 radical (unpaired) electrons. The smallest absolute Gasteiger partial charge is 0.270 e. The third kappa shape index (κ3) is 4.71. The number of anilines is 3. The number of benzene rings is 2. The van der Waals surface area contributed by atoms with Gasteiger partial charge in [0.25, 0.3) is 11.5 Å². The maximum atomic E-state index is 14.8. The van der Waals surface area contributed by atoms with E-state index in [-0.39, 0.29) is 39.5 Å². The number of nitrogen functional groups attached to an aromatic ring is 1. The molecule has 1 amide bonds. The first-order valence-corrected chi connectivity index (χ1v) is 11.7. The number of amides is 1. The summed E-state index contributed by atoms with van der Waals surface area (Å²) in [5, 5.41) is 2.57. The van der Waals surface area contributed by atoms with E-state index < -0.39 is 23.1 Å². The Bertz CT molecular complexity index is 1610. The zero-order valence-electron chi connectivity index (χ0n) is 19.9. The van der Waals surface area contributed by atoms with Crippen LogP contribution in [0.1, 0.15) is 10.4 Å². The molecule has 5 rings (SSSR count). The Kier molecular flexibility index (Phi) is 6.60. The van der Waals surface area contributed by atoms with E-state index in [0.29, 0.717) is 24.5 Å². The number of halogens is 3. The van der Waals surface area contributed by atoms with Gasteiger partial charge in [-0.3, -0.25) is 9.59 Å². The van der Waals surface area contributed by atoms with Crippen LogP contribution in [0.2, 0.25) is 5.02 Å². The number of likely N-dealkylation sites (N-methyl/N-ethyl adjacent to an activating group) is 1. The highest BCUT2D eigenvalue weighted by Gasteiger charge is 2.26. The van der Waals surface area contributed by atoms with E-state index in [0.717, 1.165) is 6.07 Å². The summed E-state index contributed by atoms with van der Waals surface area (Å²) in [6, 6.07) is 11.8. The van der Waals surface area contributed by atoms with Gasteiger partial charge < -0.3 is 25.4 Å². The third-order valence-electron chi connectivity index (χ3n) is 5.83. The van der Waals surface area contributed by atoms with Crippen molar-refractivity contribution in [1.29, 1.82) is 0 Å². The van der Waals surface area contributed by atoms with E-state index in [4.69, 9.17) is 26.8 Å². The summed E-state index contributed by atoms with van der Waals surface area (Å²) >= 11 is 6.05. The number of nitrogens with two attached hydrogens (primary N) is 1. The first-order chi connectivity index (χ1) is 18.2. The molecule has 2 aromatic carbocycles. The average molecular weight is 540 g/mol. The Balaban J connectivity index is 1.47. The lowest BCUT2D eigenvalue weighted by atomic mass is 10.1. The van der Waals surface area contributed by atoms with Crippen LogP contribution < -0.4 is 31.0 Å². The molecule has 194 valence electrons. The molecular formula is C26H20ClF2N5O4. The lowest BCUT2D eigenvalue weighted by Crippen LogP contribution is -2.36. The molecule has 0 atom stereocenters. The molecule has 12 heteroatoms. The number of aromatic nitrogens is 2. The van der Waals surface area contributed by atoms with Gasteiger partial charge in [0.15, 0.2) is 17.3 Å². The second kappa shape index (κ2) is 10.0. The van der Waals surface area contributed by atoms with E-state index >= 15 is 0 Å². The summed E-state index contributed by atoms with van der Waals surface area (Å²) in [5.74, 6) is -1.84. The largest absolute Gasteiger partial charge is 0.475 e. The lowest BCUT2D eigenvalue weighted by molar-refractivity contribution is 0.102. The first kappa shape index (κ1) is 25.0. The number of hydrogen-bond donors (Lipinski definition) is 2. The predicted octanol–water partition coefficient (Wildman–Crippen LogP) is 4.62. The van der Waals surface area contributed by atoms with Crippen LogP contribution in [0.15, 0.2) is 65.6 Å². The van der Waals surface area contributed by atoms with Crippen molar-refractivity contribution in [2.75, 3.05) is 36.1 Å². The van der Waals surface area contributed by atoms with Gasteiger partial charge in [-0.2, -0.15) is 0 Å². The summed E-state index contributed by atoms with van der Waals surface area (Å²) in [5.41, 5.74) is 5.63. The van der Waals surface area contributed by atoms with Crippen LogP contribution in [0.3, 0.4) is 0 Å². The number of hydrogen-bond acceptors (Lipinski definition) is 7. The SMILES string of the molecule is CN1CCOc2c1cc(C(=O)Nc1ccc(Oc3ccnc(N)c3Cl)c(F)c1)c(=O)n2-c1ccc(F)cc1. The van der Waals surface area contributed by atoms with Crippen LogP contribution in [0.5, 0.6) is 17.4 Å². The van der Waals surface area contributed by atoms with Crippen LogP contribution >= 0.6 is 11.6 Å². The molecule has 3 N–H and O–H groups in total. The minimum absolute atomic E-state index is 0.0286. The summed E-state index contributed by atoms with van der Waals surface area (Å²) in [6.45, 7) is 0.843. The summed E-state index contributed by atoms with van der Waals surface area (Å²) in [6.07, 6.45) is 1.36. The summed E-state index contributed by atoms with van der Waals surface area (Å²) in [4.78, 5) is 32.3. The Morgan fingerprint density at radius 2 is 1.89 bits per heavy atom. The van der Waals surface area contributed by atoms with Crippen LogP contribution in [0, 0.1) is 11.6 Å². The van der Waals surface area contributed by atoms with E-state index in [9.17, 15) is 18.4 Å². The fourth-order valence-electron chi connectivity index (χ4n) is 3.88. The fourth-order valence-corrected chi connectivity index (χ4v) is 4.04. The molecule has 0 saturated carbocycles. The predicted molar refractivity (Wildman–Crippen MR) is 139 cm³/mol. The first-order valence-electron chi connectivity index (χ1n) is 11.3. The number of pyridine rings is 2. The molecule has 1 aliphatic rings. The molecule has 2 aromatic heterocycles. The van der Waals surface area contributed by atoms with Gasteiger partial charge >= 0.3 is 0 Å². The number of nitrogens with one attached hydrogen (secondary N) is 1. The lowest BCUT2D eigenvalue weighted by Gasteiger charge is -2.30. The molecule has 0 bridgehead atoms. The molecule has 3 heterocycles. The van der Waals surface area contributed by atoms with Gasteiger partial charge in [0.2, 0.25) is 5.88 Å². The molecule has 0 saturated heterocycles. The van der Waals surface area contributed by atoms with Gasteiger partial charge in [-0.15, -0.1) is 0 Å². The molecule has 1 aliphatic heterocycles. The highest BCUT2D eigenvalue weighted by molar-refractivity contribution is 6.34. The monoisotopic (exact) mass is 539 g/mol. The maximum absolute atomic E-state index is 14.8. The van der Waals surface area contributed by atoms with Crippen molar-refractivity contribution >= 4 is 34.7 Å². The molecule has 0 spiro atoms. The molecule has 9 nitrogen and oxygen atoms in total. The molecular weight excluding hydrogens is 520 g/mol.